The first-order valence-electron chi connectivity index (χ1n) is 6.85. The van der Waals surface area contributed by atoms with E-state index in [-0.39, 0.29) is 5.91 Å². The van der Waals surface area contributed by atoms with E-state index in [1.165, 1.54) is 6.92 Å². The molecule has 2 aromatic rings. The van der Waals surface area contributed by atoms with Crippen molar-refractivity contribution in [1.29, 1.82) is 0 Å². The Morgan fingerprint density at radius 2 is 2.15 bits per heavy atom. The number of nitrogens with zero attached hydrogens (tertiary/aromatic N) is 2. The second-order valence-electron chi connectivity index (χ2n) is 4.68. The molecule has 0 atom stereocenters. The van der Waals surface area contributed by atoms with Crippen molar-refractivity contribution in [2.75, 3.05) is 10.6 Å². The molecule has 0 aliphatic heterocycles. The van der Waals surface area contributed by atoms with Gasteiger partial charge in [-0.3, -0.25) is 4.79 Å². The summed E-state index contributed by atoms with van der Waals surface area (Å²) in [6.07, 6.45) is 6.03. The predicted molar refractivity (Wildman–Crippen MR) is 81.2 cm³/mol. The highest BCUT2D eigenvalue weighted by molar-refractivity contribution is 5.89. The zero-order valence-corrected chi connectivity index (χ0v) is 11.9. The molecule has 0 spiro atoms. The lowest BCUT2D eigenvalue weighted by molar-refractivity contribution is -0.114. The molecule has 0 radical (unpaired) electrons. The quantitative estimate of drug-likeness (QED) is 0.847. The SMILES string of the molecule is CCCCn1ccnc1Nc1cccc(NC(C)=O)c1. The lowest BCUT2D eigenvalue weighted by atomic mass is 10.2. The molecule has 2 rings (SSSR count). The lowest BCUT2D eigenvalue weighted by Crippen LogP contribution is -2.06. The molecule has 0 aliphatic rings. The van der Waals surface area contributed by atoms with Crippen LogP contribution >= 0.6 is 0 Å². The summed E-state index contributed by atoms with van der Waals surface area (Å²) in [5, 5.41) is 6.04. The van der Waals surface area contributed by atoms with E-state index in [2.05, 4.69) is 27.1 Å². The summed E-state index contributed by atoms with van der Waals surface area (Å²) in [6.45, 7) is 4.61. The molecule has 0 bridgehead atoms. The molecule has 20 heavy (non-hydrogen) atoms. The Bertz CT molecular complexity index is 577. The molecule has 0 saturated heterocycles. The van der Waals surface area contributed by atoms with Crippen molar-refractivity contribution in [2.45, 2.75) is 33.2 Å². The summed E-state index contributed by atoms with van der Waals surface area (Å²) in [5.74, 6) is 0.741. The first kappa shape index (κ1) is 14.1. The molecule has 0 aliphatic carbocycles. The predicted octanol–water partition coefficient (Wildman–Crippen LogP) is 3.39. The van der Waals surface area contributed by atoms with E-state index in [4.69, 9.17) is 0 Å². The largest absolute Gasteiger partial charge is 0.326 e. The van der Waals surface area contributed by atoms with E-state index in [1.807, 2.05) is 30.5 Å². The topological polar surface area (TPSA) is 59.0 Å². The fourth-order valence-corrected chi connectivity index (χ4v) is 1.95. The van der Waals surface area contributed by atoms with Crippen molar-refractivity contribution in [3.05, 3.63) is 36.7 Å². The maximum absolute atomic E-state index is 11.1. The number of hydrogen-bond donors (Lipinski definition) is 2. The standard InChI is InChI=1S/C15H20N4O/c1-3-4-9-19-10-8-16-15(19)18-14-7-5-6-13(11-14)17-12(2)20/h5-8,10-11H,3-4,9H2,1-2H3,(H,16,18)(H,17,20). The van der Waals surface area contributed by atoms with Crippen LogP contribution in [0.15, 0.2) is 36.7 Å². The second kappa shape index (κ2) is 6.75. The van der Waals surface area contributed by atoms with Gasteiger partial charge < -0.3 is 15.2 Å². The zero-order chi connectivity index (χ0) is 14.4. The maximum Gasteiger partial charge on any atom is 0.221 e. The molecule has 5 nitrogen and oxygen atoms in total. The number of carbonyl (C=O) groups is 1. The van der Waals surface area contributed by atoms with Crippen molar-refractivity contribution < 1.29 is 4.79 Å². The highest BCUT2D eigenvalue weighted by Gasteiger charge is 2.03. The van der Waals surface area contributed by atoms with Gasteiger partial charge in [0.2, 0.25) is 11.9 Å². The van der Waals surface area contributed by atoms with Gasteiger partial charge in [0.25, 0.3) is 0 Å². The third-order valence-electron chi connectivity index (χ3n) is 2.91. The summed E-state index contributed by atoms with van der Waals surface area (Å²) in [5.41, 5.74) is 1.68. The first-order valence-corrected chi connectivity index (χ1v) is 6.85. The van der Waals surface area contributed by atoms with Crippen molar-refractivity contribution in [1.82, 2.24) is 9.55 Å². The number of benzene rings is 1. The number of anilines is 3. The van der Waals surface area contributed by atoms with Gasteiger partial charge in [-0.05, 0) is 24.6 Å². The number of aromatic nitrogens is 2. The van der Waals surface area contributed by atoms with Crippen molar-refractivity contribution >= 4 is 23.2 Å². The number of rotatable bonds is 6. The maximum atomic E-state index is 11.1. The number of unbranched alkanes of at least 4 members (excludes halogenated alkanes) is 1. The molecule has 0 unspecified atom stereocenters. The summed E-state index contributed by atoms with van der Waals surface area (Å²) < 4.78 is 2.09. The highest BCUT2D eigenvalue weighted by atomic mass is 16.1. The van der Waals surface area contributed by atoms with Gasteiger partial charge in [-0.1, -0.05) is 19.4 Å². The van der Waals surface area contributed by atoms with Gasteiger partial charge >= 0.3 is 0 Å². The molecular formula is C15H20N4O. The minimum absolute atomic E-state index is 0.0772. The van der Waals surface area contributed by atoms with Crippen LogP contribution in [0.1, 0.15) is 26.7 Å². The van der Waals surface area contributed by atoms with Gasteiger partial charge in [0.15, 0.2) is 0 Å². The highest BCUT2D eigenvalue weighted by Crippen LogP contribution is 2.19. The average molecular weight is 272 g/mol. The van der Waals surface area contributed by atoms with Gasteiger partial charge in [0, 0.05) is 37.2 Å². The Morgan fingerprint density at radius 1 is 1.35 bits per heavy atom. The summed E-state index contributed by atoms with van der Waals surface area (Å²) in [6, 6.07) is 7.59. The number of hydrogen-bond acceptors (Lipinski definition) is 3. The molecule has 106 valence electrons. The van der Waals surface area contributed by atoms with Crippen LogP contribution in [-0.4, -0.2) is 15.5 Å². The van der Waals surface area contributed by atoms with Crippen LogP contribution in [0.25, 0.3) is 0 Å². The minimum Gasteiger partial charge on any atom is -0.326 e. The number of imidazole rings is 1. The summed E-state index contributed by atoms with van der Waals surface area (Å²) >= 11 is 0. The first-order chi connectivity index (χ1) is 9.69. The number of aryl methyl sites for hydroxylation is 1. The molecule has 1 heterocycles. The van der Waals surface area contributed by atoms with E-state index in [0.717, 1.165) is 36.7 Å². The van der Waals surface area contributed by atoms with Gasteiger partial charge in [-0.25, -0.2) is 4.98 Å². The van der Waals surface area contributed by atoms with Crippen LogP contribution < -0.4 is 10.6 Å². The van der Waals surface area contributed by atoms with Crippen molar-refractivity contribution in [3.8, 4) is 0 Å². The van der Waals surface area contributed by atoms with E-state index in [0.29, 0.717) is 0 Å². The molecule has 5 heteroatoms. The monoisotopic (exact) mass is 272 g/mol. The Labute approximate surface area is 119 Å². The molecule has 1 aromatic carbocycles. The normalized spacial score (nSPS) is 10.3. The van der Waals surface area contributed by atoms with Crippen LogP contribution in [0.5, 0.6) is 0 Å². The van der Waals surface area contributed by atoms with Gasteiger partial charge in [-0.2, -0.15) is 0 Å². The molecule has 0 saturated carbocycles. The average Bonchev–Trinajstić information content (AvgIpc) is 2.83. The summed E-state index contributed by atoms with van der Waals surface area (Å²) in [4.78, 5) is 15.4. The fraction of sp³-hybridized carbons (Fsp3) is 0.333. The molecule has 2 N–H and O–H groups in total. The molecule has 1 amide bonds. The number of amides is 1. The van der Waals surface area contributed by atoms with E-state index < -0.39 is 0 Å². The lowest BCUT2D eigenvalue weighted by Gasteiger charge is -2.10. The van der Waals surface area contributed by atoms with Crippen LogP contribution in [0.3, 0.4) is 0 Å². The van der Waals surface area contributed by atoms with Crippen molar-refractivity contribution in [3.63, 3.8) is 0 Å². The Hall–Kier alpha value is -2.30. The van der Waals surface area contributed by atoms with Crippen LogP contribution in [0.4, 0.5) is 17.3 Å². The zero-order valence-electron chi connectivity index (χ0n) is 11.9. The minimum atomic E-state index is -0.0772. The third-order valence-corrected chi connectivity index (χ3v) is 2.91. The fourth-order valence-electron chi connectivity index (χ4n) is 1.95. The molecular weight excluding hydrogens is 252 g/mol. The smallest absolute Gasteiger partial charge is 0.221 e. The molecule has 1 aromatic heterocycles. The van der Waals surface area contributed by atoms with Gasteiger partial charge in [0.05, 0.1) is 0 Å². The third kappa shape index (κ3) is 3.85. The van der Waals surface area contributed by atoms with Crippen LogP contribution in [0.2, 0.25) is 0 Å². The van der Waals surface area contributed by atoms with E-state index in [1.54, 1.807) is 6.20 Å². The van der Waals surface area contributed by atoms with Crippen molar-refractivity contribution in [2.24, 2.45) is 0 Å². The van der Waals surface area contributed by atoms with E-state index >= 15 is 0 Å². The second-order valence-corrected chi connectivity index (χ2v) is 4.68. The molecule has 0 fully saturated rings. The Kier molecular flexibility index (Phi) is 4.76. The Balaban J connectivity index is 2.09. The van der Waals surface area contributed by atoms with Crippen LogP contribution in [-0.2, 0) is 11.3 Å². The number of nitrogens with one attached hydrogen (secondary N) is 2. The van der Waals surface area contributed by atoms with Crippen LogP contribution in [0, 0.1) is 0 Å². The van der Waals surface area contributed by atoms with E-state index in [9.17, 15) is 4.79 Å². The number of carbonyl (C=O) groups excluding carboxylic acids is 1. The summed E-state index contributed by atoms with van der Waals surface area (Å²) in [7, 11) is 0. The van der Waals surface area contributed by atoms with Gasteiger partial charge in [-0.15, -0.1) is 0 Å². The Morgan fingerprint density at radius 3 is 2.90 bits per heavy atom. The van der Waals surface area contributed by atoms with Gasteiger partial charge in [0.1, 0.15) is 0 Å².